The Morgan fingerprint density at radius 1 is 0.592 bits per heavy atom. The minimum absolute atomic E-state index is 0.543. The van der Waals surface area contributed by atoms with Crippen LogP contribution in [0, 0.1) is 22.7 Å². The number of para-hydroxylation sites is 4. The molecule has 3 heterocycles. The Morgan fingerprint density at radius 3 is 2.10 bits per heavy atom. The van der Waals surface area contributed by atoms with Gasteiger partial charge in [-0.3, -0.25) is 0 Å². The van der Waals surface area contributed by atoms with E-state index in [4.69, 9.17) is 4.42 Å². The molecule has 0 N–H and O–H groups in total. The Bertz CT molecular complexity index is 2920. The van der Waals surface area contributed by atoms with Crippen LogP contribution < -0.4 is 0 Å². The molecule has 0 aliphatic heterocycles. The standard InChI is InChI=1S/C44H26N4O/c45-25-27-10-9-15-34(43(27)48-37-16-5-1-11-31(37)32-12-2-6-17-38(32)48)30-21-20-29(24-28(30)26-46)47-39-18-7-3-14-36(39)42-40(47)23-22-35-33-13-4-8-19-41(33)49-44(35)42/h1-6,8-17,19-24H,7,18H2. The van der Waals surface area contributed by atoms with E-state index in [-0.39, 0.29) is 0 Å². The molecule has 0 unspecified atom stereocenters. The summed E-state index contributed by atoms with van der Waals surface area (Å²) in [6.45, 7) is 0. The number of furan rings is 1. The number of fused-ring (bicyclic) bond motifs is 10. The van der Waals surface area contributed by atoms with Crippen LogP contribution >= 0.6 is 0 Å². The largest absolute Gasteiger partial charge is 0.455 e. The minimum atomic E-state index is 0.543. The van der Waals surface area contributed by atoms with Crippen LogP contribution in [0.15, 0.2) is 132 Å². The highest BCUT2D eigenvalue weighted by atomic mass is 16.3. The Kier molecular flexibility index (Phi) is 5.76. The molecule has 0 spiro atoms. The van der Waals surface area contributed by atoms with Crippen LogP contribution in [0.3, 0.4) is 0 Å². The third-order valence-electron chi connectivity index (χ3n) is 10.1. The normalized spacial score (nSPS) is 12.6. The fraction of sp³-hybridized carbons (Fsp3) is 0.0455. The monoisotopic (exact) mass is 626 g/mol. The molecule has 0 radical (unpaired) electrons. The van der Waals surface area contributed by atoms with Crippen molar-refractivity contribution in [1.29, 1.82) is 10.5 Å². The van der Waals surface area contributed by atoms with Gasteiger partial charge in [-0.2, -0.15) is 10.5 Å². The van der Waals surface area contributed by atoms with Gasteiger partial charge in [-0.15, -0.1) is 0 Å². The van der Waals surface area contributed by atoms with Crippen LogP contribution in [-0.2, 0) is 6.42 Å². The Hall–Kier alpha value is -6.82. The highest BCUT2D eigenvalue weighted by molar-refractivity contribution is 6.17. The predicted octanol–water partition coefficient (Wildman–Crippen LogP) is 11.0. The molecule has 228 valence electrons. The summed E-state index contributed by atoms with van der Waals surface area (Å²) in [5.41, 5.74) is 11.6. The number of hydrogen-bond donors (Lipinski definition) is 0. The van der Waals surface area contributed by atoms with E-state index in [1.165, 1.54) is 11.3 Å². The summed E-state index contributed by atoms with van der Waals surface area (Å²) in [5.74, 6) is 0. The van der Waals surface area contributed by atoms with E-state index in [0.29, 0.717) is 11.1 Å². The molecule has 0 amide bonds. The van der Waals surface area contributed by atoms with E-state index in [2.05, 4.69) is 82.0 Å². The number of hydrogen-bond acceptors (Lipinski definition) is 3. The van der Waals surface area contributed by atoms with Crippen molar-refractivity contribution < 1.29 is 4.42 Å². The van der Waals surface area contributed by atoms with Gasteiger partial charge < -0.3 is 13.6 Å². The van der Waals surface area contributed by atoms with Crippen molar-refractivity contribution in [2.75, 3.05) is 0 Å². The third kappa shape index (κ3) is 3.79. The highest BCUT2D eigenvalue weighted by Crippen LogP contribution is 2.43. The molecule has 6 aromatic carbocycles. The second-order valence-corrected chi connectivity index (χ2v) is 12.6. The van der Waals surface area contributed by atoms with Crippen LogP contribution in [-0.4, -0.2) is 9.13 Å². The Morgan fingerprint density at radius 2 is 1.33 bits per heavy atom. The Labute approximate surface area is 281 Å². The summed E-state index contributed by atoms with van der Waals surface area (Å²) in [5, 5.41) is 26.7. The van der Waals surface area contributed by atoms with Crippen LogP contribution in [0.4, 0.5) is 0 Å². The zero-order chi connectivity index (χ0) is 32.6. The molecule has 0 saturated carbocycles. The van der Waals surface area contributed by atoms with Crippen molar-refractivity contribution in [1.82, 2.24) is 9.13 Å². The van der Waals surface area contributed by atoms with Gasteiger partial charge in [0, 0.05) is 49.6 Å². The van der Waals surface area contributed by atoms with Gasteiger partial charge in [0.25, 0.3) is 0 Å². The lowest BCUT2D eigenvalue weighted by Crippen LogP contribution is -2.04. The van der Waals surface area contributed by atoms with Gasteiger partial charge in [0.05, 0.1) is 44.8 Å². The maximum atomic E-state index is 10.7. The van der Waals surface area contributed by atoms with E-state index < -0.39 is 0 Å². The van der Waals surface area contributed by atoms with Crippen LogP contribution in [0.5, 0.6) is 0 Å². The van der Waals surface area contributed by atoms with Crippen molar-refractivity contribution in [3.8, 4) is 34.6 Å². The van der Waals surface area contributed by atoms with Gasteiger partial charge in [-0.25, -0.2) is 0 Å². The summed E-state index contributed by atoms with van der Waals surface area (Å²) < 4.78 is 11.0. The molecular formula is C44H26N4O. The lowest BCUT2D eigenvalue weighted by molar-refractivity contribution is 0.672. The first-order chi connectivity index (χ1) is 24.2. The number of nitrogens with zero attached hydrogens (tertiary/aromatic N) is 4. The van der Waals surface area contributed by atoms with Crippen molar-refractivity contribution >= 4 is 60.7 Å². The lowest BCUT2D eigenvalue weighted by atomic mass is 9.95. The van der Waals surface area contributed by atoms with Crippen molar-refractivity contribution in [2.45, 2.75) is 12.8 Å². The molecule has 10 rings (SSSR count). The summed E-state index contributed by atoms with van der Waals surface area (Å²) in [6.07, 6.45) is 6.28. The van der Waals surface area contributed by atoms with E-state index in [1.54, 1.807) is 0 Å². The van der Waals surface area contributed by atoms with Crippen LogP contribution in [0.25, 0.3) is 83.2 Å². The average molecular weight is 627 g/mol. The number of allylic oxidation sites excluding steroid dienone is 1. The zero-order valence-electron chi connectivity index (χ0n) is 26.3. The van der Waals surface area contributed by atoms with E-state index in [0.717, 1.165) is 90.0 Å². The molecule has 1 aliphatic rings. The average Bonchev–Trinajstić information content (AvgIpc) is 3.82. The van der Waals surface area contributed by atoms with Crippen molar-refractivity contribution in [2.24, 2.45) is 0 Å². The smallest absolute Gasteiger partial charge is 0.145 e. The van der Waals surface area contributed by atoms with Gasteiger partial charge in [-0.1, -0.05) is 84.9 Å². The number of benzene rings is 6. The van der Waals surface area contributed by atoms with Crippen molar-refractivity contribution in [3.63, 3.8) is 0 Å². The molecule has 5 heteroatoms. The topological polar surface area (TPSA) is 70.6 Å². The molecular weight excluding hydrogens is 601 g/mol. The van der Waals surface area contributed by atoms with Crippen LogP contribution in [0.1, 0.15) is 28.8 Å². The molecule has 0 saturated heterocycles. The number of nitriles is 2. The third-order valence-corrected chi connectivity index (χ3v) is 10.1. The molecule has 0 fully saturated rings. The quantitative estimate of drug-likeness (QED) is 0.196. The Balaban J connectivity index is 1.22. The maximum Gasteiger partial charge on any atom is 0.145 e. The zero-order valence-corrected chi connectivity index (χ0v) is 26.3. The van der Waals surface area contributed by atoms with Gasteiger partial charge in [-0.05, 0) is 61.4 Å². The number of rotatable bonds is 3. The van der Waals surface area contributed by atoms with E-state index >= 15 is 0 Å². The van der Waals surface area contributed by atoms with Gasteiger partial charge >= 0.3 is 0 Å². The first kappa shape index (κ1) is 27.3. The molecule has 5 nitrogen and oxygen atoms in total. The second kappa shape index (κ2) is 10.3. The molecule has 3 aromatic heterocycles. The van der Waals surface area contributed by atoms with Gasteiger partial charge in [0.15, 0.2) is 0 Å². The second-order valence-electron chi connectivity index (χ2n) is 12.6. The molecule has 49 heavy (non-hydrogen) atoms. The number of aromatic nitrogens is 2. The van der Waals surface area contributed by atoms with E-state index in [9.17, 15) is 10.5 Å². The van der Waals surface area contributed by atoms with Crippen molar-refractivity contribution in [3.05, 3.63) is 150 Å². The van der Waals surface area contributed by atoms with Gasteiger partial charge in [0.2, 0.25) is 0 Å². The van der Waals surface area contributed by atoms with E-state index in [1.807, 2.05) is 72.8 Å². The lowest BCUT2D eigenvalue weighted by Gasteiger charge is -2.18. The summed E-state index contributed by atoms with van der Waals surface area (Å²) in [4.78, 5) is 0. The first-order valence-corrected chi connectivity index (χ1v) is 16.5. The molecule has 0 bridgehead atoms. The summed E-state index contributed by atoms with van der Waals surface area (Å²) in [7, 11) is 0. The molecule has 9 aromatic rings. The molecule has 1 aliphatic carbocycles. The highest BCUT2D eigenvalue weighted by Gasteiger charge is 2.25. The maximum absolute atomic E-state index is 10.7. The fourth-order valence-corrected chi connectivity index (χ4v) is 8.03. The minimum Gasteiger partial charge on any atom is -0.455 e. The SMILES string of the molecule is N#Cc1cc(-n2c3c(c4c5oc6ccccc6c5ccc42)C=CCC3)ccc1-c1cccc(C#N)c1-n1c2ccccc2c2ccccc21. The predicted molar refractivity (Wildman–Crippen MR) is 197 cm³/mol. The molecule has 0 atom stereocenters. The van der Waals surface area contributed by atoms with Crippen LogP contribution in [0.2, 0.25) is 0 Å². The van der Waals surface area contributed by atoms with Gasteiger partial charge in [0.1, 0.15) is 17.2 Å². The fourth-order valence-electron chi connectivity index (χ4n) is 8.03. The summed E-state index contributed by atoms with van der Waals surface area (Å²) >= 11 is 0. The first-order valence-electron chi connectivity index (χ1n) is 16.5. The summed E-state index contributed by atoms with van der Waals surface area (Å²) in [6, 6.07) is 46.0.